The number of hydrogen-bond acceptors (Lipinski definition) is 3. The van der Waals surface area contributed by atoms with Crippen molar-refractivity contribution in [1.29, 1.82) is 0 Å². The molecule has 6 aromatic rings. The van der Waals surface area contributed by atoms with Crippen LogP contribution in [0.1, 0.15) is 0 Å². The van der Waals surface area contributed by atoms with Gasteiger partial charge in [0.05, 0.1) is 0 Å². The molecule has 6 rings (SSSR count). The summed E-state index contributed by atoms with van der Waals surface area (Å²) in [5, 5.41) is 6.46. The van der Waals surface area contributed by atoms with Gasteiger partial charge in [0.15, 0.2) is 0 Å². The molecule has 6 aromatic carbocycles. The van der Waals surface area contributed by atoms with Crippen molar-refractivity contribution in [2.45, 2.75) is 0 Å². The summed E-state index contributed by atoms with van der Waals surface area (Å²) in [6.45, 7) is 0. The van der Waals surface area contributed by atoms with Crippen molar-refractivity contribution in [2.75, 3.05) is 0 Å². The highest BCUT2D eigenvalue weighted by Gasteiger charge is 2.55. The van der Waals surface area contributed by atoms with Crippen LogP contribution in [0, 0.1) is 0 Å². The van der Waals surface area contributed by atoms with Gasteiger partial charge in [0.25, 0.3) is 8.32 Å². The Morgan fingerprint density at radius 3 is 1.02 bits per heavy atom. The van der Waals surface area contributed by atoms with E-state index in [0.29, 0.717) is 0 Å². The highest BCUT2D eigenvalue weighted by molar-refractivity contribution is 7.14. The summed E-state index contributed by atoms with van der Waals surface area (Å²) in [5.41, 5.74) is 0. The average Bonchev–Trinajstić information content (AvgIpc) is 3.11. The maximum atomic E-state index is 8.09. The van der Waals surface area contributed by atoms with Gasteiger partial charge in [0.1, 0.15) is 0 Å². The lowest BCUT2D eigenvalue weighted by atomic mass is 10.3. The van der Waals surface area contributed by atoms with Gasteiger partial charge < -0.3 is 12.3 Å². The SMILES string of the molecule is [Si]O[Si](O[Si](O[Si](c1ccccc1)(c1ccccc1)c1ccccc1)(c1ccccc1)c1ccccc1)c1ccccc1. The fraction of sp³-hybridized carbons (Fsp3) is 0. The van der Waals surface area contributed by atoms with Crippen LogP contribution in [-0.2, 0) is 12.3 Å². The number of benzene rings is 6. The summed E-state index contributed by atoms with van der Waals surface area (Å²) >= 11 is 0. The molecule has 0 spiro atoms. The summed E-state index contributed by atoms with van der Waals surface area (Å²) in [5.74, 6) is 0. The normalized spacial score (nSPS) is 11.9. The van der Waals surface area contributed by atoms with Gasteiger partial charge in [-0.1, -0.05) is 182 Å². The van der Waals surface area contributed by atoms with Crippen LogP contribution in [0.4, 0.5) is 0 Å². The van der Waals surface area contributed by atoms with E-state index in [1.54, 1.807) is 0 Å². The van der Waals surface area contributed by atoms with Crippen LogP contribution in [0.3, 0.4) is 0 Å². The van der Waals surface area contributed by atoms with Crippen molar-refractivity contribution in [1.82, 2.24) is 0 Å². The molecule has 3 nitrogen and oxygen atoms in total. The summed E-state index contributed by atoms with van der Waals surface area (Å²) in [6, 6.07) is 63.0. The lowest BCUT2D eigenvalue weighted by molar-refractivity contribution is 0.385. The Hall–Kier alpha value is -3.93. The van der Waals surface area contributed by atoms with E-state index in [4.69, 9.17) is 12.3 Å². The largest absolute Gasteiger partial charge is 0.432 e. The average molecular weight is 623 g/mol. The molecule has 7 heteroatoms. The molecule has 4 radical (unpaired) electrons. The van der Waals surface area contributed by atoms with E-state index >= 15 is 0 Å². The molecular formula is C36H30O3Si4. The van der Waals surface area contributed by atoms with Gasteiger partial charge in [0, 0.05) is 0 Å². The van der Waals surface area contributed by atoms with E-state index in [0.717, 1.165) is 31.1 Å². The van der Waals surface area contributed by atoms with Crippen molar-refractivity contribution in [2.24, 2.45) is 0 Å². The maximum Gasteiger partial charge on any atom is 0.403 e. The predicted octanol–water partition coefficient (Wildman–Crippen LogP) is 3.44. The molecule has 0 unspecified atom stereocenters. The second-order valence-corrected chi connectivity index (χ2v) is 19.2. The van der Waals surface area contributed by atoms with Crippen LogP contribution in [0.15, 0.2) is 182 Å². The first-order chi connectivity index (χ1) is 21.3. The minimum Gasteiger partial charge on any atom is -0.432 e. The third-order valence-corrected chi connectivity index (χ3v) is 18.9. The zero-order valence-corrected chi connectivity index (χ0v) is 27.5. The monoisotopic (exact) mass is 622 g/mol. The Labute approximate surface area is 261 Å². The summed E-state index contributed by atoms with van der Waals surface area (Å²) in [4.78, 5) is 0. The van der Waals surface area contributed by atoms with Gasteiger partial charge in [-0.2, -0.15) is 0 Å². The van der Waals surface area contributed by atoms with Gasteiger partial charge in [-0.15, -0.1) is 0 Å². The first kappa shape index (κ1) is 29.2. The van der Waals surface area contributed by atoms with Gasteiger partial charge >= 0.3 is 17.8 Å². The molecule has 0 N–H and O–H groups in total. The van der Waals surface area contributed by atoms with Gasteiger partial charge in [-0.25, -0.2) is 0 Å². The van der Waals surface area contributed by atoms with Crippen molar-refractivity contribution < 1.29 is 12.3 Å². The van der Waals surface area contributed by atoms with Crippen LogP contribution < -0.4 is 31.1 Å². The molecule has 0 heterocycles. The second-order valence-electron chi connectivity index (χ2n) is 10.1. The standard InChI is InChI=1S/C36H30O3Si4/c40-37-41(31-19-7-1-8-20-31)38-43(35-27-15-5-16-28-35,36-29-17-6-18-30-36)39-42(32-21-9-2-10-22-32,33-23-11-3-12-24-33)34-25-13-4-14-26-34/h1-30H. The minimum atomic E-state index is -3.55. The van der Waals surface area contributed by atoms with E-state index in [1.807, 2.05) is 30.3 Å². The number of hydrogen-bond donors (Lipinski definition) is 0. The fourth-order valence-corrected chi connectivity index (χ4v) is 18.6. The second kappa shape index (κ2) is 13.6. The van der Waals surface area contributed by atoms with E-state index in [2.05, 4.69) is 162 Å². The van der Waals surface area contributed by atoms with E-state index < -0.39 is 26.2 Å². The fourth-order valence-electron chi connectivity index (χ4n) is 5.49. The highest BCUT2D eigenvalue weighted by atomic mass is 28.5. The molecule has 0 atom stereocenters. The lowest BCUT2D eigenvalue weighted by Gasteiger charge is -2.43. The summed E-state index contributed by atoms with van der Waals surface area (Å²) in [7, 11) is -5.40. The van der Waals surface area contributed by atoms with Crippen LogP contribution >= 0.6 is 0 Å². The topological polar surface area (TPSA) is 27.7 Å². The Morgan fingerprint density at radius 2 is 0.698 bits per heavy atom. The third kappa shape index (κ3) is 5.97. The first-order valence-corrected chi connectivity index (χ1v) is 19.6. The molecule has 43 heavy (non-hydrogen) atoms. The van der Waals surface area contributed by atoms with Crippen molar-refractivity contribution in [3.63, 3.8) is 0 Å². The molecule has 0 aliphatic heterocycles. The third-order valence-electron chi connectivity index (χ3n) is 7.48. The lowest BCUT2D eigenvalue weighted by Crippen LogP contribution is -2.79. The van der Waals surface area contributed by atoms with E-state index in [-0.39, 0.29) is 0 Å². The zero-order chi connectivity index (χ0) is 29.4. The zero-order valence-electron chi connectivity index (χ0n) is 23.5. The molecular weight excluding hydrogens is 593 g/mol. The van der Waals surface area contributed by atoms with Crippen LogP contribution in [0.5, 0.6) is 0 Å². The molecule has 0 aliphatic rings. The maximum absolute atomic E-state index is 8.09. The Bertz CT molecular complexity index is 1560. The van der Waals surface area contributed by atoms with Gasteiger partial charge in [-0.05, 0) is 31.1 Å². The number of rotatable bonds is 11. The Kier molecular flexibility index (Phi) is 9.21. The quantitative estimate of drug-likeness (QED) is 0.164. The molecule has 0 saturated heterocycles. The highest BCUT2D eigenvalue weighted by Crippen LogP contribution is 2.20. The Balaban J connectivity index is 1.69. The summed E-state index contributed by atoms with van der Waals surface area (Å²) in [6.07, 6.45) is 0. The Morgan fingerprint density at radius 1 is 0.395 bits per heavy atom. The van der Waals surface area contributed by atoms with Crippen molar-refractivity contribution >= 4 is 67.8 Å². The smallest absolute Gasteiger partial charge is 0.403 e. The molecule has 0 aliphatic carbocycles. The predicted molar refractivity (Wildman–Crippen MR) is 183 cm³/mol. The molecule has 208 valence electrons. The van der Waals surface area contributed by atoms with Crippen LogP contribution in [0.2, 0.25) is 0 Å². The molecule has 0 amide bonds. The van der Waals surface area contributed by atoms with E-state index in [1.165, 1.54) is 0 Å². The molecule has 0 saturated carbocycles. The first-order valence-electron chi connectivity index (χ1n) is 14.2. The minimum absolute atomic E-state index is 0.987. The van der Waals surface area contributed by atoms with Gasteiger partial charge in [-0.3, -0.25) is 0 Å². The van der Waals surface area contributed by atoms with Crippen LogP contribution in [-0.4, -0.2) is 36.6 Å². The molecule has 0 bridgehead atoms. The van der Waals surface area contributed by atoms with Crippen molar-refractivity contribution in [3.8, 4) is 0 Å². The molecule has 0 fully saturated rings. The molecule has 0 aromatic heterocycles. The van der Waals surface area contributed by atoms with E-state index in [9.17, 15) is 0 Å². The van der Waals surface area contributed by atoms with Crippen LogP contribution in [0.25, 0.3) is 0 Å². The van der Waals surface area contributed by atoms with Gasteiger partial charge in [0.2, 0.25) is 10.5 Å². The van der Waals surface area contributed by atoms with Crippen molar-refractivity contribution in [3.05, 3.63) is 182 Å². The summed E-state index contributed by atoms with van der Waals surface area (Å²) < 4.78 is 21.6.